The Labute approximate surface area is 265 Å². The molecular weight excluding hydrogens is 605 g/mol. The summed E-state index contributed by atoms with van der Waals surface area (Å²) in [7, 11) is 4.52. The molecule has 1 aliphatic rings. The van der Waals surface area contributed by atoms with Crippen molar-refractivity contribution in [3.05, 3.63) is 70.6 Å². The average Bonchev–Trinajstić information content (AvgIpc) is 3.03. The predicted molar refractivity (Wildman–Crippen MR) is 169 cm³/mol. The van der Waals surface area contributed by atoms with E-state index < -0.39 is 23.9 Å². The molecule has 0 saturated carbocycles. The van der Waals surface area contributed by atoms with Gasteiger partial charge in [0.05, 0.1) is 35.0 Å². The summed E-state index contributed by atoms with van der Waals surface area (Å²) in [6, 6.07) is 11.6. The summed E-state index contributed by atoms with van der Waals surface area (Å²) in [5, 5.41) is 8.29. The Morgan fingerprint density at radius 3 is 2.76 bits per heavy atom. The van der Waals surface area contributed by atoms with E-state index >= 15 is 4.39 Å². The first-order valence-electron chi connectivity index (χ1n) is 14.4. The van der Waals surface area contributed by atoms with E-state index in [-0.39, 0.29) is 48.3 Å². The Hall–Kier alpha value is -4.71. The van der Waals surface area contributed by atoms with Gasteiger partial charge in [-0.1, -0.05) is 18.0 Å². The molecule has 3 amide bonds. The van der Waals surface area contributed by atoms with Gasteiger partial charge < -0.3 is 25.0 Å². The van der Waals surface area contributed by atoms with Crippen molar-refractivity contribution in [3.8, 4) is 11.3 Å². The number of ether oxygens (including phenoxy) is 2. The molecule has 2 bridgehead atoms. The van der Waals surface area contributed by atoms with Crippen LogP contribution in [0.5, 0.6) is 0 Å². The maximum atomic E-state index is 15.1. The molecule has 2 aromatic carbocycles. The van der Waals surface area contributed by atoms with Crippen LogP contribution in [0, 0.1) is 5.82 Å². The van der Waals surface area contributed by atoms with Gasteiger partial charge in [-0.05, 0) is 60.9 Å². The summed E-state index contributed by atoms with van der Waals surface area (Å²) in [4.78, 5) is 55.9. The minimum Gasteiger partial charge on any atom is -0.459 e. The molecule has 0 aliphatic carbocycles. The standard InChI is InChI=1S/C32H35ClFN5O6/c1-35-24-11-10-23(33)30(34)29(24)27(45-18-40)13-15-39(2)31(42)21-6-4-5-7-28(41)38-26-17-20(37-32(43)44-3)8-9-22(26)25-16-19(21)12-14-36-25/h8-12,14,16-18,21,27,35H,4-7,13,15H2,1-3H3,(H,37,43)(H,38,41). The third-order valence-electron chi connectivity index (χ3n) is 7.68. The zero-order valence-corrected chi connectivity index (χ0v) is 25.9. The van der Waals surface area contributed by atoms with E-state index in [4.69, 9.17) is 16.3 Å². The lowest BCUT2D eigenvalue weighted by atomic mass is 9.90. The maximum Gasteiger partial charge on any atom is 0.411 e. The van der Waals surface area contributed by atoms with Crippen molar-refractivity contribution < 1.29 is 33.0 Å². The molecule has 2 atom stereocenters. The van der Waals surface area contributed by atoms with Crippen molar-refractivity contribution in [3.63, 3.8) is 0 Å². The van der Waals surface area contributed by atoms with Crippen LogP contribution in [0.1, 0.15) is 55.3 Å². The molecular formula is C32H35ClFN5O6. The van der Waals surface area contributed by atoms with E-state index in [2.05, 4.69) is 25.7 Å². The summed E-state index contributed by atoms with van der Waals surface area (Å²) in [6.07, 6.45) is 1.95. The minimum absolute atomic E-state index is 0.101. The summed E-state index contributed by atoms with van der Waals surface area (Å²) in [6.45, 7) is 0.405. The third kappa shape index (κ3) is 8.07. The van der Waals surface area contributed by atoms with Crippen LogP contribution >= 0.6 is 11.6 Å². The molecule has 13 heteroatoms. The van der Waals surface area contributed by atoms with Crippen LogP contribution in [0.4, 0.5) is 26.2 Å². The molecule has 0 saturated heterocycles. The average molecular weight is 640 g/mol. The van der Waals surface area contributed by atoms with Crippen LogP contribution in [0.3, 0.4) is 0 Å². The highest BCUT2D eigenvalue weighted by molar-refractivity contribution is 6.30. The largest absolute Gasteiger partial charge is 0.459 e. The molecule has 0 radical (unpaired) electrons. The minimum atomic E-state index is -0.990. The van der Waals surface area contributed by atoms with Crippen molar-refractivity contribution in [2.75, 3.05) is 43.7 Å². The van der Waals surface area contributed by atoms with Gasteiger partial charge in [0.25, 0.3) is 6.47 Å². The fourth-order valence-electron chi connectivity index (χ4n) is 5.34. The molecule has 0 fully saturated rings. The summed E-state index contributed by atoms with van der Waals surface area (Å²) < 4.78 is 25.0. The zero-order valence-electron chi connectivity index (χ0n) is 25.2. The summed E-state index contributed by atoms with van der Waals surface area (Å²) in [5.74, 6) is -1.65. The smallest absolute Gasteiger partial charge is 0.411 e. The van der Waals surface area contributed by atoms with Crippen LogP contribution < -0.4 is 16.0 Å². The molecule has 11 nitrogen and oxygen atoms in total. The number of benzene rings is 2. The number of nitrogens with one attached hydrogen (secondary N) is 3. The van der Waals surface area contributed by atoms with Crippen LogP contribution in [-0.4, -0.2) is 62.0 Å². The fourth-order valence-corrected chi connectivity index (χ4v) is 5.51. The number of carbonyl (C=O) groups is 4. The lowest BCUT2D eigenvalue weighted by Crippen LogP contribution is -2.33. The number of fused-ring (bicyclic) bond motifs is 4. The molecule has 2 unspecified atom stereocenters. The van der Waals surface area contributed by atoms with E-state index in [0.29, 0.717) is 47.6 Å². The Bertz CT molecular complexity index is 1570. The van der Waals surface area contributed by atoms with Gasteiger partial charge in [-0.25, -0.2) is 9.18 Å². The molecule has 3 N–H and O–H groups in total. The number of likely N-dealkylation sites (N-methyl/N-ethyl adjacent to an activating group) is 1. The molecule has 4 rings (SSSR count). The highest BCUT2D eigenvalue weighted by Crippen LogP contribution is 2.36. The highest BCUT2D eigenvalue weighted by Gasteiger charge is 2.28. The number of hydrogen-bond acceptors (Lipinski definition) is 8. The zero-order chi connectivity index (χ0) is 32.5. The normalized spacial score (nSPS) is 15.2. The summed E-state index contributed by atoms with van der Waals surface area (Å²) in [5.41, 5.74) is 3.28. The Balaban J connectivity index is 1.61. The number of anilines is 3. The number of carbonyl (C=O) groups excluding carboxylic acids is 4. The van der Waals surface area contributed by atoms with Gasteiger partial charge >= 0.3 is 6.09 Å². The predicted octanol–water partition coefficient (Wildman–Crippen LogP) is 6.12. The van der Waals surface area contributed by atoms with E-state index in [9.17, 15) is 19.2 Å². The van der Waals surface area contributed by atoms with E-state index in [1.54, 1.807) is 50.6 Å². The summed E-state index contributed by atoms with van der Waals surface area (Å²) >= 11 is 6.02. The van der Waals surface area contributed by atoms with Gasteiger partial charge in [-0.3, -0.25) is 24.7 Å². The van der Waals surface area contributed by atoms with Crippen molar-refractivity contribution in [1.82, 2.24) is 9.88 Å². The first kappa shape index (κ1) is 33.2. The monoisotopic (exact) mass is 639 g/mol. The number of halogens is 2. The molecule has 0 spiro atoms. The number of amides is 3. The molecule has 45 heavy (non-hydrogen) atoms. The second-order valence-corrected chi connectivity index (χ2v) is 10.9. The second kappa shape index (κ2) is 15.3. The van der Waals surface area contributed by atoms with Crippen molar-refractivity contribution in [2.24, 2.45) is 0 Å². The van der Waals surface area contributed by atoms with Gasteiger partial charge in [0, 0.05) is 56.6 Å². The van der Waals surface area contributed by atoms with Gasteiger partial charge in [-0.15, -0.1) is 0 Å². The Morgan fingerprint density at radius 1 is 1.22 bits per heavy atom. The lowest BCUT2D eigenvalue weighted by Gasteiger charge is -2.27. The van der Waals surface area contributed by atoms with Gasteiger partial charge in [-0.2, -0.15) is 0 Å². The lowest BCUT2D eigenvalue weighted by molar-refractivity contribution is -0.135. The van der Waals surface area contributed by atoms with Gasteiger partial charge in [0.1, 0.15) is 6.10 Å². The first-order chi connectivity index (χ1) is 21.7. The quantitative estimate of drug-likeness (QED) is 0.238. The Kier molecular flexibility index (Phi) is 11.3. The van der Waals surface area contributed by atoms with Crippen LogP contribution in [0.25, 0.3) is 11.3 Å². The second-order valence-electron chi connectivity index (χ2n) is 10.5. The SMILES string of the molecule is CNc1ccc(Cl)c(F)c1C(CCN(C)C(=O)C1CCCCC(=O)Nc2cc(NC(=O)OC)ccc2-c2cc1ccn2)OC=O. The number of hydrogen-bond donors (Lipinski definition) is 3. The Morgan fingerprint density at radius 2 is 2.02 bits per heavy atom. The maximum absolute atomic E-state index is 15.1. The number of pyridine rings is 1. The first-order valence-corrected chi connectivity index (χ1v) is 14.8. The van der Waals surface area contributed by atoms with Crippen LogP contribution in [0.2, 0.25) is 5.02 Å². The van der Waals surface area contributed by atoms with Crippen molar-refractivity contribution in [2.45, 2.75) is 44.1 Å². The molecule has 1 aromatic heterocycles. The third-order valence-corrected chi connectivity index (χ3v) is 7.97. The van der Waals surface area contributed by atoms with Crippen molar-refractivity contribution >= 4 is 53.0 Å². The number of methoxy groups -OCH3 is 1. The number of aromatic nitrogens is 1. The van der Waals surface area contributed by atoms with Crippen molar-refractivity contribution in [1.29, 1.82) is 0 Å². The van der Waals surface area contributed by atoms with E-state index in [1.807, 2.05) is 6.07 Å². The fraction of sp³-hybridized carbons (Fsp3) is 0.344. The van der Waals surface area contributed by atoms with Crippen LogP contribution in [0.15, 0.2) is 48.7 Å². The topological polar surface area (TPSA) is 139 Å². The molecule has 1 aliphatic heterocycles. The van der Waals surface area contributed by atoms with E-state index in [0.717, 1.165) is 5.56 Å². The molecule has 238 valence electrons. The van der Waals surface area contributed by atoms with E-state index in [1.165, 1.54) is 18.1 Å². The molecule has 2 heterocycles. The number of nitrogens with zero attached hydrogens (tertiary/aromatic N) is 2. The van der Waals surface area contributed by atoms with Gasteiger partial charge in [0.2, 0.25) is 11.8 Å². The number of rotatable bonds is 9. The van der Waals surface area contributed by atoms with Crippen LogP contribution in [-0.2, 0) is 23.9 Å². The highest BCUT2D eigenvalue weighted by atomic mass is 35.5. The molecule has 3 aromatic rings. The van der Waals surface area contributed by atoms with Gasteiger partial charge in [0.15, 0.2) is 5.82 Å².